The molecule has 1 aromatic carbocycles. The fourth-order valence-electron chi connectivity index (χ4n) is 1.51. The largest absolute Gasteiger partial charge is 0.346 e. The van der Waals surface area contributed by atoms with Gasteiger partial charge in [-0.2, -0.15) is 0 Å². The minimum Gasteiger partial charge on any atom is -0.346 e. The standard InChI is InChI=1S/C10H11BrNO4/c1-14-12(13)9-6-7(11)2-3-8(9)10-15-4-5-16-10/h2-3,6,10H,4-5H2,1H3/q+1. The van der Waals surface area contributed by atoms with Crippen molar-refractivity contribution in [2.45, 2.75) is 6.29 Å². The van der Waals surface area contributed by atoms with Crippen molar-refractivity contribution in [2.24, 2.45) is 0 Å². The summed E-state index contributed by atoms with van der Waals surface area (Å²) in [4.78, 5) is 16.6. The molecule has 0 amide bonds. The Labute approximate surface area is 101 Å². The zero-order chi connectivity index (χ0) is 11.5. The van der Waals surface area contributed by atoms with Crippen molar-refractivity contribution in [3.8, 4) is 0 Å². The van der Waals surface area contributed by atoms with Gasteiger partial charge in [0.2, 0.25) is 0 Å². The van der Waals surface area contributed by atoms with Gasteiger partial charge in [-0.1, -0.05) is 15.9 Å². The Balaban J connectivity index is 2.38. The first-order valence-corrected chi connectivity index (χ1v) is 5.55. The zero-order valence-corrected chi connectivity index (χ0v) is 10.3. The van der Waals surface area contributed by atoms with Crippen LogP contribution in [0.2, 0.25) is 0 Å². The second kappa shape index (κ2) is 4.90. The summed E-state index contributed by atoms with van der Waals surface area (Å²) < 4.78 is 11.5. The summed E-state index contributed by atoms with van der Waals surface area (Å²) in [5.41, 5.74) is 1.04. The van der Waals surface area contributed by atoms with E-state index in [1.807, 2.05) is 6.07 Å². The van der Waals surface area contributed by atoms with Gasteiger partial charge in [0.25, 0.3) is 4.92 Å². The van der Waals surface area contributed by atoms with Gasteiger partial charge < -0.3 is 9.47 Å². The van der Waals surface area contributed by atoms with Crippen molar-refractivity contribution in [1.29, 1.82) is 0 Å². The maximum absolute atomic E-state index is 11.5. The summed E-state index contributed by atoms with van der Waals surface area (Å²) in [5.74, 6) is 0. The fourth-order valence-corrected chi connectivity index (χ4v) is 1.86. The van der Waals surface area contributed by atoms with Gasteiger partial charge >= 0.3 is 5.69 Å². The molecular formula is C10H11BrNO4+. The number of nitrogens with zero attached hydrogens (tertiary/aromatic N) is 1. The lowest BCUT2D eigenvalue weighted by Crippen LogP contribution is -2.06. The van der Waals surface area contributed by atoms with Crippen molar-refractivity contribution >= 4 is 21.6 Å². The first-order chi connectivity index (χ1) is 7.72. The van der Waals surface area contributed by atoms with Crippen LogP contribution in [0.5, 0.6) is 0 Å². The van der Waals surface area contributed by atoms with Gasteiger partial charge in [0, 0.05) is 10.5 Å². The Kier molecular flexibility index (Phi) is 3.52. The monoisotopic (exact) mass is 288 g/mol. The average molecular weight is 289 g/mol. The van der Waals surface area contributed by atoms with E-state index in [-0.39, 0.29) is 0 Å². The van der Waals surface area contributed by atoms with E-state index < -0.39 is 6.29 Å². The Morgan fingerprint density at radius 1 is 1.44 bits per heavy atom. The molecule has 0 atom stereocenters. The molecule has 5 nitrogen and oxygen atoms in total. The van der Waals surface area contributed by atoms with Gasteiger partial charge in [0.15, 0.2) is 13.4 Å². The Morgan fingerprint density at radius 2 is 2.12 bits per heavy atom. The third-order valence-corrected chi connectivity index (χ3v) is 2.72. The maximum Gasteiger partial charge on any atom is 0.326 e. The van der Waals surface area contributed by atoms with Crippen LogP contribution in [0, 0.1) is 4.91 Å². The van der Waals surface area contributed by atoms with Crippen LogP contribution in [0.15, 0.2) is 22.7 Å². The predicted molar refractivity (Wildman–Crippen MR) is 59.1 cm³/mol. The Morgan fingerprint density at radius 3 is 2.75 bits per heavy atom. The van der Waals surface area contributed by atoms with Gasteiger partial charge in [-0.15, -0.1) is 0 Å². The van der Waals surface area contributed by atoms with E-state index in [1.165, 1.54) is 7.11 Å². The van der Waals surface area contributed by atoms with Gasteiger partial charge in [-0.25, -0.2) is 4.84 Å². The van der Waals surface area contributed by atoms with Crippen LogP contribution < -0.4 is 0 Å². The molecule has 0 N–H and O–H groups in total. The number of ether oxygens (including phenoxy) is 2. The summed E-state index contributed by atoms with van der Waals surface area (Å²) in [6.07, 6.45) is -0.491. The molecule has 0 spiro atoms. The quantitative estimate of drug-likeness (QED) is 0.802. The Bertz CT molecular complexity index is 404. The molecule has 0 bridgehead atoms. The SMILES string of the molecule is CO[N+](=O)c1cc(Br)ccc1C1OCCO1. The maximum atomic E-state index is 11.5. The van der Waals surface area contributed by atoms with Crippen LogP contribution in [0.4, 0.5) is 5.69 Å². The molecule has 86 valence electrons. The second-order valence-electron chi connectivity index (χ2n) is 3.22. The summed E-state index contributed by atoms with van der Waals surface area (Å²) >= 11 is 3.30. The molecule has 16 heavy (non-hydrogen) atoms. The van der Waals surface area contributed by atoms with Gasteiger partial charge in [0.1, 0.15) is 0 Å². The van der Waals surface area contributed by atoms with E-state index in [2.05, 4.69) is 20.8 Å². The minimum atomic E-state index is -0.491. The summed E-state index contributed by atoms with van der Waals surface area (Å²) in [7, 11) is 1.31. The van der Waals surface area contributed by atoms with E-state index in [0.717, 1.165) is 4.47 Å². The summed E-state index contributed by atoms with van der Waals surface area (Å²) in [6, 6.07) is 5.27. The van der Waals surface area contributed by atoms with Crippen molar-refractivity contribution in [3.05, 3.63) is 33.1 Å². The molecule has 1 aliphatic rings. The molecule has 1 fully saturated rings. The van der Waals surface area contributed by atoms with E-state index in [1.54, 1.807) is 12.1 Å². The number of benzene rings is 1. The molecule has 1 aromatic rings. The van der Waals surface area contributed by atoms with Crippen molar-refractivity contribution in [1.82, 2.24) is 0 Å². The fraction of sp³-hybridized carbons (Fsp3) is 0.400. The number of rotatable bonds is 3. The highest BCUT2D eigenvalue weighted by atomic mass is 79.9. The second-order valence-corrected chi connectivity index (χ2v) is 4.13. The van der Waals surface area contributed by atoms with Gasteiger partial charge in [0.05, 0.1) is 23.7 Å². The van der Waals surface area contributed by atoms with Crippen molar-refractivity contribution in [3.63, 3.8) is 0 Å². The van der Waals surface area contributed by atoms with Crippen LogP contribution in [0.1, 0.15) is 11.9 Å². The van der Waals surface area contributed by atoms with Crippen LogP contribution in [0.3, 0.4) is 0 Å². The summed E-state index contributed by atoms with van der Waals surface area (Å²) in [6.45, 7) is 1.07. The van der Waals surface area contributed by atoms with E-state index in [4.69, 9.17) is 9.47 Å². The predicted octanol–water partition coefficient (Wildman–Crippen LogP) is 2.47. The molecule has 1 saturated heterocycles. The number of hydrogen-bond acceptors (Lipinski definition) is 4. The van der Waals surface area contributed by atoms with Crippen molar-refractivity contribution < 1.29 is 19.2 Å². The third kappa shape index (κ3) is 2.23. The minimum absolute atomic E-state index is 0.378. The van der Waals surface area contributed by atoms with Gasteiger partial charge in [-0.05, 0) is 12.1 Å². The molecule has 0 saturated carbocycles. The molecule has 0 radical (unpaired) electrons. The molecule has 0 aliphatic carbocycles. The van der Waals surface area contributed by atoms with E-state index >= 15 is 0 Å². The average Bonchev–Trinajstić information content (AvgIpc) is 2.81. The normalized spacial score (nSPS) is 16.4. The topological polar surface area (TPSA) is 47.8 Å². The molecular weight excluding hydrogens is 278 g/mol. The van der Waals surface area contributed by atoms with Gasteiger partial charge in [-0.3, -0.25) is 0 Å². The molecule has 2 rings (SSSR count). The smallest absolute Gasteiger partial charge is 0.326 e. The number of hydrogen-bond donors (Lipinski definition) is 0. The van der Waals surface area contributed by atoms with Crippen LogP contribution >= 0.6 is 15.9 Å². The van der Waals surface area contributed by atoms with Crippen LogP contribution in [-0.2, 0) is 14.3 Å². The molecule has 0 unspecified atom stereocenters. The van der Waals surface area contributed by atoms with Crippen molar-refractivity contribution in [2.75, 3.05) is 20.3 Å². The molecule has 1 aliphatic heterocycles. The lowest BCUT2D eigenvalue weighted by atomic mass is 10.2. The zero-order valence-electron chi connectivity index (χ0n) is 8.68. The molecule has 1 heterocycles. The number of halogens is 1. The first kappa shape index (κ1) is 11.5. The third-order valence-electron chi connectivity index (χ3n) is 2.23. The first-order valence-electron chi connectivity index (χ1n) is 4.76. The highest BCUT2D eigenvalue weighted by Crippen LogP contribution is 2.33. The highest BCUT2D eigenvalue weighted by molar-refractivity contribution is 9.10. The van der Waals surface area contributed by atoms with Crippen LogP contribution in [-0.4, -0.2) is 25.2 Å². The lowest BCUT2D eigenvalue weighted by Gasteiger charge is -2.08. The van der Waals surface area contributed by atoms with E-state index in [0.29, 0.717) is 29.4 Å². The Hall–Kier alpha value is -0.980. The van der Waals surface area contributed by atoms with E-state index in [9.17, 15) is 4.91 Å². The van der Waals surface area contributed by atoms with Crippen LogP contribution in [0.25, 0.3) is 0 Å². The molecule has 0 aromatic heterocycles. The molecule has 6 heteroatoms. The highest BCUT2D eigenvalue weighted by Gasteiger charge is 2.30. The lowest BCUT2D eigenvalue weighted by molar-refractivity contribution is -0.737. The summed E-state index contributed by atoms with van der Waals surface area (Å²) in [5, 5.41) is 0.